The van der Waals surface area contributed by atoms with Crippen LogP contribution < -0.4 is 0 Å². The second kappa shape index (κ2) is 3.98. The molecule has 78 valence electrons. The first-order chi connectivity index (χ1) is 7.20. The highest BCUT2D eigenvalue weighted by molar-refractivity contribution is 6.33. The van der Waals surface area contributed by atoms with E-state index in [2.05, 4.69) is 4.98 Å². The van der Waals surface area contributed by atoms with Gasteiger partial charge >= 0.3 is 0 Å². The maximum absolute atomic E-state index is 11.9. The van der Waals surface area contributed by atoms with Gasteiger partial charge in [0.15, 0.2) is 0 Å². The van der Waals surface area contributed by atoms with Crippen molar-refractivity contribution in [3.8, 4) is 0 Å². The molecule has 1 aromatic rings. The van der Waals surface area contributed by atoms with E-state index in [0.29, 0.717) is 13.0 Å². The van der Waals surface area contributed by atoms with E-state index in [1.807, 2.05) is 0 Å². The van der Waals surface area contributed by atoms with Gasteiger partial charge in [0.25, 0.3) is 5.91 Å². The first kappa shape index (κ1) is 10.1. The normalized spacial score (nSPS) is 15.8. The van der Waals surface area contributed by atoms with Crippen molar-refractivity contribution in [1.82, 2.24) is 9.88 Å². The van der Waals surface area contributed by atoms with Crippen molar-refractivity contribution in [2.75, 3.05) is 6.54 Å². The van der Waals surface area contributed by atoms with Crippen LogP contribution in [0.15, 0.2) is 18.3 Å². The molecule has 2 amide bonds. The molecule has 0 spiro atoms. The van der Waals surface area contributed by atoms with Crippen molar-refractivity contribution in [2.45, 2.75) is 12.8 Å². The molecule has 15 heavy (non-hydrogen) atoms. The maximum Gasteiger partial charge on any atom is 0.263 e. The molecule has 1 aromatic heterocycles. The zero-order valence-corrected chi connectivity index (χ0v) is 8.70. The molecule has 0 N–H and O–H groups in total. The van der Waals surface area contributed by atoms with Crippen molar-refractivity contribution >= 4 is 23.4 Å². The number of hydrogen-bond donors (Lipinski definition) is 0. The van der Waals surface area contributed by atoms with Gasteiger partial charge in [-0.05, 0) is 18.6 Å². The Hall–Kier alpha value is -1.42. The molecule has 2 heterocycles. The Bertz CT molecular complexity index is 420. The van der Waals surface area contributed by atoms with Gasteiger partial charge in [0.05, 0.1) is 5.56 Å². The third-order valence-corrected chi connectivity index (χ3v) is 2.61. The van der Waals surface area contributed by atoms with Crippen LogP contribution in [0.5, 0.6) is 0 Å². The molecule has 4 nitrogen and oxygen atoms in total. The molecule has 1 fully saturated rings. The molecule has 0 aromatic carbocycles. The minimum Gasteiger partial charge on any atom is -0.278 e. The number of hydrogen-bond acceptors (Lipinski definition) is 3. The predicted octanol–water partition coefficient (Wildman–Crippen LogP) is 1.50. The van der Waals surface area contributed by atoms with Crippen LogP contribution in [0.1, 0.15) is 23.2 Å². The van der Waals surface area contributed by atoms with E-state index < -0.39 is 0 Å². The zero-order valence-electron chi connectivity index (χ0n) is 7.94. The van der Waals surface area contributed by atoms with Gasteiger partial charge in [-0.25, -0.2) is 4.98 Å². The highest BCUT2D eigenvalue weighted by atomic mass is 35.5. The third-order valence-electron chi connectivity index (χ3n) is 2.31. The Morgan fingerprint density at radius 1 is 1.53 bits per heavy atom. The van der Waals surface area contributed by atoms with Crippen LogP contribution >= 0.6 is 11.6 Å². The summed E-state index contributed by atoms with van der Waals surface area (Å²) in [4.78, 5) is 28.2. The van der Waals surface area contributed by atoms with E-state index in [-0.39, 0.29) is 22.5 Å². The lowest BCUT2D eigenvalue weighted by atomic mass is 10.2. The number of rotatable bonds is 1. The molecule has 1 aliphatic heterocycles. The molecular weight excluding hydrogens is 216 g/mol. The molecule has 0 aliphatic carbocycles. The number of aromatic nitrogens is 1. The number of pyridine rings is 1. The number of carbonyl (C=O) groups is 2. The molecule has 0 unspecified atom stereocenters. The fourth-order valence-electron chi connectivity index (χ4n) is 1.55. The molecule has 0 atom stereocenters. The van der Waals surface area contributed by atoms with Crippen LogP contribution in [0.25, 0.3) is 0 Å². The van der Waals surface area contributed by atoms with Gasteiger partial charge in [0, 0.05) is 19.2 Å². The molecular formula is C10H9ClN2O2. The number of amides is 2. The van der Waals surface area contributed by atoms with E-state index in [4.69, 9.17) is 11.6 Å². The summed E-state index contributed by atoms with van der Waals surface area (Å²) in [5.41, 5.74) is 0.286. The third kappa shape index (κ3) is 1.85. The zero-order chi connectivity index (χ0) is 10.8. The lowest BCUT2D eigenvalue weighted by molar-refractivity contribution is -0.125. The summed E-state index contributed by atoms with van der Waals surface area (Å²) in [6, 6.07) is 3.20. The largest absolute Gasteiger partial charge is 0.278 e. The average molecular weight is 225 g/mol. The Balaban J connectivity index is 2.28. The second-order valence-corrected chi connectivity index (χ2v) is 3.65. The van der Waals surface area contributed by atoms with Crippen molar-refractivity contribution < 1.29 is 9.59 Å². The van der Waals surface area contributed by atoms with E-state index in [0.717, 1.165) is 6.42 Å². The van der Waals surface area contributed by atoms with E-state index >= 15 is 0 Å². The highest BCUT2D eigenvalue weighted by Gasteiger charge is 2.28. The van der Waals surface area contributed by atoms with Crippen LogP contribution in [0.4, 0.5) is 0 Å². The molecule has 1 aliphatic rings. The van der Waals surface area contributed by atoms with Gasteiger partial charge in [0.1, 0.15) is 5.15 Å². The average Bonchev–Trinajstić information content (AvgIpc) is 2.64. The van der Waals surface area contributed by atoms with E-state index in [1.165, 1.54) is 11.1 Å². The minimum absolute atomic E-state index is 0.139. The van der Waals surface area contributed by atoms with E-state index in [1.54, 1.807) is 12.1 Å². The first-order valence-corrected chi connectivity index (χ1v) is 5.03. The lowest BCUT2D eigenvalue weighted by Crippen LogP contribution is -2.32. The van der Waals surface area contributed by atoms with Gasteiger partial charge in [-0.3, -0.25) is 14.5 Å². The van der Waals surface area contributed by atoms with E-state index in [9.17, 15) is 9.59 Å². The smallest absolute Gasteiger partial charge is 0.263 e. The number of nitrogens with zero attached hydrogens (tertiary/aromatic N) is 2. The number of carbonyl (C=O) groups excluding carboxylic acids is 2. The molecule has 2 rings (SSSR count). The Morgan fingerprint density at radius 3 is 2.93 bits per heavy atom. The Kier molecular flexibility index (Phi) is 2.68. The molecule has 1 saturated heterocycles. The fourth-order valence-corrected chi connectivity index (χ4v) is 1.75. The fraction of sp³-hybridized carbons (Fsp3) is 0.300. The topological polar surface area (TPSA) is 50.3 Å². The number of likely N-dealkylation sites (tertiary alicyclic amines) is 1. The highest BCUT2D eigenvalue weighted by Crippen LogP contribution is 2.18. The quantitative estimate of drug-likeness (QED) is 0.537. The number of halogens is 1. The molecule has 0 radical (unpaired) electrons. The van der Waals surface area contributed by atoms with Crippen LogP contribution in [0.2, 0.25) is 5.15 Å². The predicted molar refractivity (Wildman–Crippen MR) is 54.5 cm³/mol. The van der Waals surface area contributed by atoms with Crippen LogP contribution in [0.3, 0.4) is 0 Å². The summed E-state index contributed by atoms with van der Waals surface area (Å²) < 4.78 is 0. The maximum atomic E-state index is 11.9. The number of imide groups is 1. The Morgan fingerprint density at radius 2 is 2.33 bits per heavy atom. The van der Waals surface area contributed by atoms with Crippen LogP contribution in [-0.4, -0.2) is 28.2 Å². The molecule has 0 saturated carbocycles. The summed E-state index contributed by atoms with van der Waals surface area (Å²) in [5, 5.41) is 0.141. The molecule has 0 bridgehead atoms. The van der Waals surface area contributed by atoms with Gasteiger partial charge in [-0.15, -0.1) is 0 Å². The summed E-state index contributed by atoms with van der Waals surface area (Å²) in [6.45, 7) is 0.475. The lowest BCUT2D eigenvalue weighted by Gasteiger charge is -2.13. The first-order valence-electron chi connectivity index (χ1n) is 4.65. The minimum atomic E-state index is -0.351. The summed E-state index contributed by atoms with van der Waals surface area (Å²) in [7, 11) is 0. The van der Waals surface area contributed by atoms with Gasteiger partial charge < -0.3 is 0 Å². The van der Waals surface area contributed by atoms with Crippen molar-refractivity contribution in [2.24, 2.45) is 0 Å². The van der Waals surface area contributed by atoms with Crippen molar-refractivity contribution in [3.63, 3.8) is 0 Å². The van der Waals surface area contributed by atoms with Crippen LogP contribution in [-0.2, 0) is 4.79 Å². The standard InChI is InChI=1S/C10H9ClN2O2/c11-9-7(3-1-5-12-9)10(15)13-6-2-4-8(13)14/h1,3,5H,2,4,6H2. The van der Waals surface area contributed by atoms with Gasteiger partial charge in [-0.2, -0.15) is 0 Å². The van der Waals surface area contributed by atoms with Gasteiger partial charge in [-0.1, -0.05) is 11.6 Å². The summed E-state index contributed by atoms with van der Waals surface area (Å²) >= 11 is 5.78. The summed E-state index contributed by atoms with van der Waals surface area (Å²) in [6.07, 6.45) is 2.66. The van der Waals surface area contributed by atoms with Crippen LogP contribution in [0, 0.1) is 0 Å². The Labute approximate surface area is 91.9 Å². The monoisotopic (exact) mass is 224 g/mol. The van der Waals surface area contributed by atoms with Gasteiger partial charge in [0.2, 0.25) is 5.91 Å². The summed E-state index contributed by atoms with van der Waals surface area (Å²) in [5.74, 6) is -0.490. The van der Waals surface area contributed by atoms with Crippen molar-refractivity contribution in [1.29, 1.82) is 0 Å². The van der Waals surface area contributed by atoms with Crippen molar-refractivity contribution in [3.05, 3.63) is 29.0 Å². The SMILES string of the molecule is O=C1CCCN1C(=O)c1cccnc1Cl. The second-order valence-electron chi connectivity index (χ2n) is 3.30. The molecule has 5 heteroatoms.